The van der Waals surface area contributed by atoms with Crippen LogP contribution in [-0.2, 0) is 16.1 Å². The van der Waals surface area contributed by atoms with Crippen LogP contribution in [0.5, 0.6) is 5.75 Å². The molecule has 3 rings (SSSR count). The molecule has 1 aliphatic rings. The maximum atomic E-state index is 13.4. The summed E-state index contributed by atoms with van der Waals surface area (Å²) in [5.74, 6) is 0.454. The molecular formula is C27H36N2O3. The van der Waals surface area contributed by atoms with Gasteiger partial charge in [-0.25, -0.2) is 0 Å². The Balaban J connectivity index is 1.77. The van der Waals surface area contributed by atoms with Crippen molar-refractivity contribution >= 4 is 11.8 Å². The van der Waals surface area contributed by atoms with Gasteiger partial charge in [0.15, 0.2) is 6.61 Å². The molecule has 1 aliphatic carbocycles. The van der Waals surface area contributed by atoms with Crippen molar-refractivity contribution in [2.75, 3.05) is 6.61 Å². The van der Waals surface area contributed by atoms with Crippen molar-refractivity contribution in [3.63, 3.8) is 0 Å². The summed E-state index contributed by atoms with van der Waals surface area (Å²) in [6.45, 7) is 6.25. The summed E-state index contributed by atoms with van der Waals surface area (Å²) in [7, 11) is 0. The molecule has 0 radical (unpaired) electrons. The normalized spacial score (nSPS) is 15.1. The minimum Gasteiger partial charge on any atom is -0.484 e. The molecule has 5 nitrogen and oxygen atoms in total. The second-order valence-electron chi connectivity index (χ2n) is 8.77. The third kappa shape index (κ3) is 6.35. The van der Waals surface area contributed by atoms with E-state index in [1.807, 2.05) is 69.3 Å². The van der Waals surface area contributed by atoms with Gasteiger partial charge in [-0.1, -0.05) is 68.7 Å². The SMILES string of the molecule is CC[C@H](C(=O)NC1CCCCC1)N(Cc1ccccc1C)C(=O)COc1ccccc1C. The van der Waals surface area contributed by atoms with Gasteiger partial charge in [-0.15, -0.1) is 0 Å². The van der Waals surface area contributed by atoms with E-state index in [0.717, 1.165) is 42.4 Å². The number of ether oxygens (including phenoxy) is 1. The average molecular weight is 437 g/mol. The molecule has 0 spiro atoms. The summed E-state index contributed by atoms with van der Waals surface area (Å²) in [5, 5.41) is 3.21. The maximum absolute atomic E-state index is 13.4. The van der Waals surface area contributed by atoms with Crippen LogP contribution in [0.3, 0.4) is 0 Å². The van der Waals surface area contributed by atoms with Crippen LogP contribution in [0.1, 0.15) is 62.1 Å². The van der Waals surface area contributed by atoms with Gasteiger partial charge in [0.1, 0.15) is 11.8 Å². The van der Waals surface area contributed by atoms with Crippen LogP contribution < -0.4 is 10.1 Å². The molecule has 1 atom stereocenters. The number of nitrogens with zero attached hydrogens (tertiary/aromatic N) is 1. The van der Waals surface area contributed by atoms with E-state index < -0.39 is 6.04 Å². The van der Waals surface area contributed by atoms with Gasteiger partial charge in [0.05, 0.1) is 0 Å². The average Bonchev–Trinajstić information content (AvgIpc) is 2.80. The predicted molar refractivity (Wildman–Crippen MR) is 127 cm³/mol. The predicted octanol–water partition coefficient (Wildman–Crippen LogP) is 4.94. The number of rotatable bonds is 9. The molecule has 5 heteroatoms. The van der Waals surface area contributed by atoms with E-state index in [9.17, 15) is 9.59 Å². The highest BCUT2D eigenvalue weighted by molar-refractivity contribution is 5.88. The van der Waals surface area contributed by atoms with Crippen molar-refractivity contribution in [1.82, 2.24) is 10.2 Å². The molecule has 32 heavy (non-hydrogen) atoms. The lowest BCUT2D eigenvalue weighted by Crippen LogP contribution is -2.52. The van der Waals surface area contributed by atoms with Gasteiger partial charge in [0.2, 0.25) is 5.91 Å². The molecule has 0 unspecified atom stereocenters. The van der Waals surface area contributed by atoms with E-state index in [-0.39, 0.29) is 24.5 Å². The third-order valence-electron chi connectivity index (χ3n) is 6.38. The lowest BCUT2D eigenvalue weighted by Gasteiger charge is -2.33. The fraction of sp³-hybridized carbons (Fsp3) is 0.481. The van der Waals surface area contributed by atoms with E-state index in [2.05, 4.69) is 5.32 Å². The fourth-order valence-electron chi connectivity index (χ4n) is 4.38. The quantitative estimate of drug-likeness (QED) is 0.606. The Kier molecular flexibility index (Phi) is 8.72. The molecule has 2 aromatic carbocycles. The molecule has 0 heterocycles. The van der Waals surface area contributed by atoms with Crippen molar-refractivity contribution in [3.05, 3.63) is 65.2 Å². The van der Waals surface area contributed by atoms with Gasteiger partial charge in [0.25, 0.3) is 5.91 Å². The third-order valence-corrected chi connectivity index (χ3v) is 6.38. The van der Waals surface area contributed by atoms with E-state index in [0.29, 0.717) is 18.7 Å². The molecular weight excluding hydrogens is 400 g/mol. The topological polar surface area (TPSA) is 58.6 Å². The second-order valence-corrected chi connectivity index (χ2v) is 8.77. The second kappa shape index (κ2) is 11.7. The van der Waals surface area contributed by atoms with Crippen LogP contribution in [0.15, 0.2) is 48.5 Å². The number of amides is 2. The summed E-state index contributed by atoms with van der Waals surface area (Å²) in [6.07, 6.45) is 6.13. The van der Waals surface area contributed by atoms with Gasteiger partial charge in [-0.05, 0) is 55.9 Å². The lowest BCUT2D eigenvalue weighted by molar-refractivity contribution is -0.143. The van der Waals surface area contributed by atoms with Crippen LogP contribution in [0.2, 0.25) is 0 Å². The van der Waals surface area contributed by atoms with Gasteiger partial charge in [-0.2, -0.15) is 0 Å². The number of para-hydroxylation sites is 1. The van der Waals surface area contributed by atoms with Crippen LogP contribution in [0.4, 0.5) is 0 Å². The number of hydrogen-bond acceptors (Lipinski definition) is 3. The van der Waals surface area contributed by atoms with E-state index in [1.165, 1.54) is 6.42 Å². The Labute approximate surface area is 192 Å². The molecule has 0 bridgehead atoms. The Hall–Kier alpha value is -2.82. The summed E-state index contributed by atoms with van der Waals surface area (Å²) in [4.78, 5) is 28.3. The molecule has 0 saturated heterocycles. The van der Waals surface area contributed by atoms with Crippen molar-refractivity contribution in [3.8, 4) is 5.75 Å². The summed E-state index contributed by atoms with van der Waals surface area (Å²) in [6, 6.07) is 15.3. The summed E-state index contributed by atoms with van der Waals surface area (Å²) < 4.78 is 5.85. The summed E-state index contributed by atoms with van der Waals surface area (Å²) in [5.41, 5.74) is 3.13. The number of hydrogen-bond donors (Lipinski definition) is 1. The Morgan fingerprint density at radius 2 is 1.66 bits per heavy atom. The molecule has 2 amide bonds. The van der Waals surface area contributed by atoms with Gasteiger partial charge in [0, 0.05) is 12.6 Å². The van der Waals surface area contributed by atoms with E-state index >= 15 is 0 Å². The zero-order valence-corrected chi connectivity index (χ0v) is 19.6. The fourth-order valence-corrected chi connectivity index (χ4v) is 4.38. The molecule has 1 N–H and O–H groups in total. The minimum atomic E-state index is -0.524. The Morgan fingerprint density at radius 3 is 2.31 bits per heavy atom. The Bertz CT molecular complexity index is 905. The van der Waals surface area contributed by atoms with Crippen molar-refractivity contribution in [1.29, 1.82) is 0 Å². The Morgan fingerprint density at radius 1 is 1.00 bits per heavy atom. The smallest absolute Gasteiger partial charge is 0.261 e. The van der Waals surface area contributed by atoms with Crippen LogP contribution in [-0.4, -0.2) is 35.4 Å². The number of carbonyl (C=O) groups excluding carboxylic acids is 2. The van der Waals surface area contributed by atoms with E-state index in [4.69, 9.17) is 4.74 Å². The molecule has 1 fully saturated rings. The zero-order valence-electron chi connectivity index (χ0n) is 19.6. The lowest BCUT2D eigenvalue weighted by atomic mass is 9.95. The highest BCUT2D eigenvalue weighted by atomic mass is 16.5. The summed E-state index contributed by atoms with van der Waals surface area (Å²) >= 11 is 0. The van der Waals surface area contributed by atoms with Gasteiger partial charge in [-0.3, -0.25) is 9.59 Å². The monoisotopic (exact) mass is 436 g/mol. The number of benzene rings is 2. The molecule has 172 valence electrons. The first kappa shape index (κ1) is 23.8. The molecule has 2 aromatic rings. The first-order chi connectivity index (χ1) is 15.5. The van der Waals surface area contributed by atoms with Crippen LogP contribution in [0.25, 0.3) is 0 Å². The minimum absolute atomic E-state index is 0.0581. The molecule has 0 aromatic heterocycles. The van der Waals surface area contributed by atoms with Gasteiger partial charge >= 0.3 is 0 Å². The first-order valence-electron chi connectivity index (χ1n) is 11.8. The number of aryl methyl sites for hydroxylation is 2. The zero-order chi connectivity index (χ0) is 22.9. The number of carbonyl (C=O) groups is 2. The maximum Gasteiger partial charge on any atom is 0.261 e. The van der Waals surface area contributed by atoms with Gasteiger partial charge < -0.3 is 15.0 Å². The highest BCUT2D eigenvalue weighted by Crippen LogP contribution is 2.21. The highest BCUT2D eigenvalue weighted by Gasteiger charge is 2.30. The largest absolute Gasteiger partial charge is 0.484 e. The van der Waals surface area contributed by atoms with Crippen molar-refractivity contribution in [2.45, 2.75) is 77.9 Å². The van der Waals surface area contributed by atoms with Crippen LogP contribution >= 0.6 is 0 Å². The first-order valence-corrected chi connectivity index (χ1v) is 11.8. The van der Waals surface area contributed by atoms with Crippen molar-refractivity contribution in [2.24, 2.45) is 0 Å². The number of nitrogens with one attached hydrogen (secondary N) is 1. The van der Waals surface area contributed by atoms with Crippen LogP contribution in [0, 0.1) is 13.8 Å². The molecule has 1 saturated carbocycles. The molecule has 0 aliphatic heterocycles. The standard InChI is InChI=1S/C27H36N2O3/c1-4-24(27(31)28-23-15-6-5-7-16-23)29(18-22-14-10-8-12-20(22)2)26(30)19-32-25-17-11-9-13-21(25)3/h8-14,17,23-24H,4-7,15-16,18-19H2,1-3H3,(H,28,31)/t24-/m1/s1. The van der Waals surface area contributed by atoms with E-state index in [1.54, 1.807) is 4.90 Å². The van der Waals surface area contributed by atoms with Crippen molar-refractivity contribution < 1.29 is 14.3 Å².